The molecule has 0 aliphatic heterocycles. The summed E-state index contributed by atoms with van der Waals surface area (Å²) in [4.78, 5) is 0. The minimum absolute atomic E-state index is 0.828. The molecular formula is C33H62. The van der Waals surface area contributed by atoms with E-state index in [9.17, 15) is 0 Å². The molecule has 0 spiro atoms. The van der Waals surface area contributed by atoms with E-state index in [0.29, 0.717) is 0 Å². The van der Waals surface area contributed by atoms with Gasteiger partial charge in [-0.1, -0.05) is 148 Å². The van der Waals surface area contributed by atoms with Gasteiger partial charge in [0.25, 0.3) is 0 Å². The minimum atomic E-state index is 0.828. The Morgan fingerprint density at radius 1 is 0.455 bits per heavy atom. The maximum Gasteiger partial charge on any atom is -0.0199 e. The van der Waals surface area contributed by atoms with Crippen molar-refractivity contribution < 1.29 is 0 Å². The van der Waals surface area contributed by atoms with Crippen LogP contribution in [0.4, 0.5) is 0 Å². The van der Waals surface area contributed by atoms with E-state index >= 15 is 0 Å². The van der Waals surface area contributed by atoms with Gasteiger partial charge in [-0.05, 0) is 62.2 Å². The van der Waals surface area contributed by atoms with Crippen LogP contribution in [0.25, 0.3) is 0 Å². The van der Waals surface area contributed by atoms with Gasteiger partial charge in [-0.15, -0.1) is 0 Å². The Bertz CT molecular complexity index is 459. The molecule has 4 atom stereocenters. The molecule has 194 valence electrons. The third kappa shape index (κ3) is 14.5. The third-order valence-electron chi connectivity index (χ3n) is 8.23. The minimum Gasteiger partial charge on any atom is -0.0885 e. The van der Waals surface area contributed by atoms with Gasteiger partial charge < -0.3 is 0 Å². The second kappa shape index (κ2) is 22.0. The third-order valence-corrected chi connectivity index (χ3v) is 8.23. The van der Waals surface area contributed by atoms with Crippen LogP contribution in [0, 0.1) is 23.7 Å². The summed E-state index contributed by atoms with van der Waals surface area (Å²) in [5.41, 5.74) is 0. The Morgan fingerprint density at radius 2 is 0.909 bits per heavy atom. The molecule has 0 saturated heterocycles. The van der Waals surface area contributed by atoms with Gasteiger partial charge in [-0.2, -0.15) is 0 Å². The van der Waals surface area contributed by atoms with Gasteiger partial charge in [0, 0.05) is 0 Å². The number of rotatable bonds is 22. The Labute approximate surface area is 210 Å². The summed E-state index contributed by atoms with van der Waals surface area (Å²) < 4.78 is 0. The molecule has 0 saturated carbocycles. The van der Waals surface area contributed by atoms with Crippen molar-refractivity contribution in [3.63, 3.8) is 0 Å². The SMILES string of the molecule is CCCCC/C=C/CC1C(CCCCCC)C=CC(CCCCCCC)C1CCCCCC. The van der Waals surface area contributed by atoms with E-state index in [1.807, 2.05) is 0 Å². The summed E-state index contributed by atoms with van der Waals surface area (Å²) in [5, 5.41) is 0. The van der Waals surface area contributed by atoms with Crippen molar-refractivity contribution in [1.82, 2.24) is 0 Å². The standard InChI is InChI=1S/C33H62/c1-5-9-13-17-19-23-27-33-30(24-20-15-11-7-3)28-29-31(25-21-18-14-10-6-2)32(33)26-22-16-12-8-4/h19,23,28-33H,5-18,20-22,24-27H2,1-4H3/b23-19+. The van der Waals surface area contributed by atoms with Crippen LogP contribution in [-0.4, -0.2) is 0 Å². The van der Waals surface area contributed by atoms with Gasteiger partial charge in [0.2, 0.25) is 0 Å². The van der Waals surface area contributed by atoms with Gasteiger partial charge in [-0.25, -0.2) is 0 Å². The summed E-state index contributed by atoms with van der Waals surface area (Å²) in [5.74, 6) is 3.49. The Morgan fingerprint density at radius 3 is 1.48 bits per heavy atom. The molecule has 0 fully saturated rings. The summed E-state index contributed by atoms with van der Waals surface area (Å²) in [6, 6.07) is 0. The van der Waals surface area contributed by atoms with Crippen LogP contribution in [-0.2, 0) is 0 Å². The molecule has 1 aliphatic rings. The van der Waals surface area contributed by atoms with E-state index in [4.69, 9.17) is 0 Å². The van der Waals surface area contributed by atoms with E-state index < -0.39 is 0 Å². The molecule has 0 N–H and O–H groups in total. The lowest BCUT2D eigenvalue weighted by atomic mass is 9.65. The Balaban J connectivity index is 2.81. The molecule has 0 nitrogen and oxygen atoms in total. The monoisotopic (exact) mass is 458 g/mol. The summed E-state index contributed by atoms with van der Waals surface area (Å²) in [6.45, 7) is 9.33. The summed E-state index contributed by atoms with van der Waals surface area (Å²) in [7, 11) is 0. The molecule has 0 heterocycles. The highest BCUT2D eigenvalue weighted by Gasteiger charge is 2.34. The first-order valence-corrected chi connectivity index (χ1v) is 15.6. The van der Waals surface area contributed by atoms with E-state index in [1.54, 1.807) is 0 Å². The number of allylic oxidation sites excluding steroid dienone is 4. The van der Waals surface area contributed by atoms with Crippen LogP contribution in [0.5, 0.6) is 0 Å². The fraction of sp³-hybridized carbons (Fsp3) is 0.879. The van der Waals surface area contributed by atoms with Crippen LogP contribution in [0.2, 0.25) is 0 Å². The molecular weight excluding hydrogens is 396 g/mol. The number of hydrogen-bond acceptors (Lipinski definition) is 0. The molecule has 4 unspecified atom stereocenters. The molecule has 1 aliphatic carbocycles. The molecule has 0 bridgehead atoms. The van der Waals surface area contributed by atoms with Crippen LogP contribution in [0.15, 0.2) is 24.3 Å². The average Bonchev–Trinajstić information content (AvgIpc) is 2.83. The zero-order valence-corrected chi connectivity index (χ0v) is 23.5. The van der Waals surface area contributed by atoms with Crippen molar-refractivity contribution in [1.29, 1.82) is 0 Å². The number of unbranched alkanes of at least 4 members (excludes halogenated alkanes) is 13. The maximum absolute atomic E-state index is 2.70. The van der Waals surface area contributed by atoms with Crippen molar-refractivity contribution in [2.75, 3.05) is 0 Å². The average molecular weight is 459 g/mol. The predicted octanol–water partition coefficient (Wildman–Crippen LogP) is 11.8. The fourth-order valence-corrected chi connectivity index (χ4v) is 6.08. The first kappa shape index (κ1) is 30.5. The molecule has 33 heavy (non-hydrogen) atoms. The van der Waals surface area contributed by atoms with E-state index in [0.717, 1.165) is 23.7 Å². The largest absolute Gasteiger partial charge is 0.0885 e. The maximum atomic E-state index is 2.70. The first-order chi connectivity index (χ1) is 16.3. The normalized spacial score (nSPS) is 23.0. The van der Waals surface area contributed by atoms with Crippen LogP contribution in [0.3, 0.4) is 0 Å². The molecule has 1 rings (SSSR count). The van der Waals surface area contributed by atoms with Crippen molar-refractivity contribution in [3.05, 3.63) is 24.3 Å². The van der Waals surface area contributed by atoms with E-state index in [2.05, 4.69) is 52.0 Å². The van der Waals surface area contributed by atoms with Crippen molar-refractivity contribution in [2.45, 2.75) is 163 Å². The van der Waals surface area contributed by atoms with Gasteiger partial charge in [-0.3, -0.25) is 0 Å². The Hall–Kier alpha value is -0.520. The number of hydrogen-bond donors (Lipinski definition) is 0. The topological polar surface area (TPSA) is 0 Å². The van der Waals surface area contributed by atoms with Gasteiger partial charge in [0.1, 0.15) is 0 Å². The van der Waals surface area contributed by atoms with E-state index in [1.165, 1.54) is 135 Å². The van der Waals surface area contributed by atoms with Gasteiger partial charge >= 0.3 is 0 Å². The van der Waals surface area contributed by atoms with Gasteiger partial charge in [0.15, 0.2) is 0 Å². The van der Waals surface area contributed by atoms with Gasteiger partial charge in [0.05, 0.1) is 0 Å². The van der Waals surface area contributed by atoms with Crippen molar-refractivity contribution in [2.24, 2.45) is 23.7 Å². The second-order valence-electron chi connectivity index (χ2n) is 11.1. The zero-order chi connectivity index (χ0) is 24.0. The summed E-state index contributed by atoms with van der Waals surface area (Å²) in [6.07, 6.45) is 40.0. The van der Waals surface area contributed by atoms with Crippen LogP contribution in [0.1, 0.15) is 163 Å². The molecule has 0 amide bonds. The van der Waals surface area contributed by atoms with Crippen LogP contribution >= 0.6 is 0 Å². The molecule has 0 radical (unpaired) electrons. The smallest absolute Gasteiger partial charge is 0.0199 e. The van der Waals surface area contributed by atoms with E-state index in [-0.39, 0.29) is 0 Å². The predicted molar refractivity (Wildman–Crippen MR) is 152 cm³/mol. The lowest BCUT2D eigenvalue weighted by Crippen LogP contribution is -2.31. The fourth-order valence-electron chi connectivity index (χ4n) is 6.08. The molecule has 0 aromatic rings. The van der Waals surface area contributed by atoms with Crippen molar-refractivity contribution >= 4 is 0 Å². The first-order valence-electron chi connectivity index (χ1n) is 15.6. The highest BCUT2D eigenvalue weighted by molar-refractivity contribution is 5.06. The second-order valence-corrected chi connectivity index (χ2v) is 11.1. The lowest BCUT2D eigenvalue weighted by Gasteiger charge is -2.40. The Kier molecular flexibility index (Phi) is 20.3. The molecule has 0 aromatic carbocycles. The highest BCUT2D eigenvalue weighted by atomic mass is 14.4. The zero-order valence-electron chi connectivity index (χ0n) is 23.5. The van der Waals surface area contributed by atoms with Crippen LogP contribution < -0.4 is 0 Å². The highest BCUT2D eigenvalue weighted by Crippen LogP contribution is 2.43. The quantitative estimate of drug-likeness (QED) is 0.112. The lowest BCUT2D eigenvalue weighted by molar-refractivity contribution is 0.160. The summed E-state index contributed by atoms with van der Waals surface area (Å²) >= 11 is 0. The molecule has 0 aromatic heterocycles. The molecule has 0 heteroatoms. The van der Waals surface area contributed by atoms with Crippen molar-refractivity contribution in [3.8, 4) is 0 Å².